The van der Waals surface area contributed by atoms with Gasteiger partial charge >= 0.3 is 5.97 Å². The smallest absolute Gasteiger partial charge is 0.306 e. The summed E-state index contributed by atoms with van der Waals surface area (Å²) in [4.78, 5) is 40.1. The summed E-state index contributed by atoms with van der Waals surface area (Å²) in [6.45, 7) is 6.69. The second-order valence-electron chi connectivity index (χ2n) is 23.9. The summed E-state index contributed by atoms with van der Waals surface area (Å²) in [5, 5.41) is 3.03. The van der Waals surface area contributed by atoms with Gasteiger partial charge in [0.05, 0.1) is 33.8 Å². The highest BCUT2D eigenvalue weighted by Crippen LogP contribution is 2.38. The van der Waals surface area contributed by atoms with Crippen LogP contribution in [-0.2, 0) is 27.9 Å². The Morgan fingerprint density at radius 1 is 0.434 bits per heavy atom. The van der Waals surface area contributed by atoms with Crippen LogP contribution in [0.25, 0.3) is 0 Å². The van der Waals surface area contributed by atoms with Gasteiger partial charge in [0.25, 0.3) is 7.82 Å². The third-order valence-corrected chi connectivity index (χ3v) is 15.7. The topological polar surface area (TPSA) is 114 Å². The van der Waals surface area contributed by atoms with E-state index in [9.17, 15) is 19.0 Å². The van der Waals surface area contributed by atoms with Crippen LogP contribution in [-0.4, -0.2) is 69.4 Å². The number of phosphoric ester groups is 1. The van der Waals surface area contributed by atoms with Crippen molar-refractivity contribution >= 4 is 19.7 Å². The predicted octanol–water partition coefficient (Wildman–Crippen LogP) is 21.0. The first-order valence-electron chi connectivity index (χ1n) is 34.2. The predicted molar refractivity (Wildman–Crippen MR) is 357 cm³/mol. The zero-order chi connectivity index (χ0) is 60.7. The molecule has 1 amide bonds. The fraction of sp³-hybridized carbons (Fsp3) is 0.726. The van der Waals surface area contributed by atoms with E-state index in [1.54, 1.807) is 0 Å². The number of nitrogens with zero attached hydrogens (tertiary/aromatic N) is 1. The van der Waals surface area contributed by atoms with Gasteiger partial charge in [0.1, 0.15) is 19.3 Å². The Labute approximate surface area is 512 Å². The quantitative estimate of drug-likeness (QED) is 0.0212. The van der Waals surface area contributed by atoms with Gasteiger partial charge in [0.2, 0.25) is 5.91 Å². The van der Waals surface area contributed by atoms with Crippen molar-refractivity contribution in [1.29, 1.82) is 0 Å². The molecule has 0 radical (unpaired) electrons. The zero-order valence-corrected chi connectivity index (χ0v) is 55.5. The van der Waals surface area contributed by atoms with Crippen molar-refractivity contribution in [3.8, 4) is 0 Å². The number of ether oxygens (including phenoxy) is 1. The van der Waals surface area contributed by atoms with Crippen LogP contribution < -0.4 is 10.2 Å². The van der Waals surface area contributed by atoms with Gasteiger partial charge in [-0.25, -0.2) is 0 Å². The summed E-state index contributed by atoms with van der Waals surface area (Å²) in [7, 11) is 1.17. The number of amides is 1. The Hall–Kier alpha value is -3.33. The highest BCUT2D eigenvalue weighted by atomic mass is 31.2. The SMILES string of the molecule is CC/C=C\C/C=C\C/C=C\C/C=C\C/C=C\CCCCCCCCCC(=O)OC(/C=C/CCCCCCCCCCC)C(COP(=O)([O-])OCC[N+](C)(C)C)NC(=O)CCCCCCCCCCCC/C=C\C/C=C\C/C=C\CCCCC. The van der Waals surface area contributed by atoms with Gasteiger partial charge in [-0.3, -0.25) is 14.2 Å². The maximum absolute atomic E-state index is 13.6. The van der Waals surface area contributed by atoms with E-state index in [-0.39, 0.29) is 24.9 Å². The largest absolute Gasteiger partial charge is 0.756 e. The van der Waals surface area contributed by atoms with Crippen LogP contribution in [0.3, 0.4) is 0 Å². The average Bonchev–Trinajstić information content (AvgIpc) is 3.51. The van der Waals surface area contributed by atoms with Crippen molar-refractivity contribution in [2.24, 2.45) is 0 Å². The standard InChI is InChI=1S/C73H129N2O7P/c1-7-10-13-16-19-22-25-27-29-31-33-35-37-39-41-43-45-47-50-53-56-59-62-65-72(76)74-70(69-81-83(78,79)80-68-67-75(4,5)6)71(64-61-58-55-52-49-24-21-18-15-12-9-3)82-73(77)66-63-60-57-54-51-48-46-44-42-40-38-36-34-32-30-28-26-23-20-17-14-11-8-2/h11,14,19-20,22-23,27-30,33-36,40,42,61,64,70-71H,7-10,12-13,15-18,21,24-26,31-32,37-39,41,43-60,62-63,65-69H2,1-6H3,(H-,74,76,78,79)/b14-11-,22-19-,23-20-,29-27-,30-28-,35-33-,36-34-,42-40-,64-61+. The minimum atomic E-state index is -4.71. The van der Waals surface area contributed by atoms with E-state index in [0.29, 0.717) is 23.9 Å². The molecule has 0 spiro atoms. The lowest BCUT2D eigenvalue weighted by Gasteiger charge is -2.30. The molecular weight excluding hydrogens is 1050 g/mol. The molecule has 0 fully saturated rings. The molecule has 0 aromatic carbocycles. The Morgan fingerprint density at radius 3 is 1.18 bits per heavy atom. The summed E-state index contributed by atoms with van der Waals surface area (Å²) in [6, 6.07) is -0.903. The summed E-state index contributed by atoms with van der Waals surface area (Å²) < 4.78 is 30.4. The number of phosphoric acid groups is 1. The number of carbonyl (C=O) groups excluding carboxylic acids is 2. The molecule has 0 aliphatic heterocycles. The molecule has 3 atom stereocenters. The Balaban J connectivity index is 5.12. The molecule has 83 heavy (non-hydrogen) atoms. The van der Waals surface area contributed by atoms with Crippen LogP contribution in [0.1, 0.15) is 290 Å². The molecule has 9 nitrogen and oxygen atoms in total. The fourth-order valence-electron chi connectivity index (χ4n) is 9.44. The molecule has 0 rings (SSSR count). The van der Waals surface area contributed by atoms with E-state index in [1.165, 1.54) is 128 Å². The van der Waals surface area contributed by atoms with E-state index >= 15 is 0 Å². The maximum Gasteiger partial charge on any atom is 0.306 e. The summed E-state index contributed by atoms with van der Waals surface area (Å²) >= 11 is 0. The zero-order valence-electron chi connectivity index (χ0n) is 54.6. The van der Waals surface area contributed by atoms with E-state index in [2.05, 4.69) is 123 Å². The molecule has 0 aromatic rings. The van der Waals surface area contributed by atoms with Crippen molar-refractivity contribution in [1.82, 2.24) is 5.32 Å². The first-order valence-corrected chi connectivity index (χ1v) is 35.7. The van der Waals surface area contributed by atoms with Crippen LogP contribution >= 0.6 is 7.82 Å². The van der Waals surface area contributed by atoms with E-state index < -0.39 is 26.6 Å². The Morgan fingerprint density at radius 2 is 0.771 bits per heavy atom. The second-order valence-corrected chi connectivity index (χ2v) is 25.4. The fourth-order valence-corrected chi connectivity index (χ4v) is 10.2. The molecule has 0 aromatic heterocycles. The number of hydrogen-bond acceptors (Lipinski definition) is 7. The Bertz CT molecular complexity index is 1790. The molecule has 478 valence electrons. The normalized spacial score (nSPS) is 14.3. The summed E-state index contributed by atoms with van der Waals surface area (Å²) in [5.41, 5.74) is 0. The maximum atomic E-state index is 13.6. The minimum absolute atomic E-state index is 0.0300. The van der Waals surface area contributed by atoms with Gasteiger partial charge in [-0.15, -0.1) is 0 Å². The third-order valence-electron chi connectivity index (χ3n) is 14.7. The first kappa shape index (κ1) is 79.7. The number of esters is 1. The summed E-state index contributed by atoms with van der Waals surface area (Å²) in [5.74, 6) is -0.560. The number of hydrogen-bond donors (Lipinski definition) is 1. The molecular formula is C73H129N2O7P. The molecule has 1 N–H and O–H groups in total. The first-order chi connectivity index (χ1) is 40.4. The van der Waals surface area contributed by atoms with Crippen molar-refractivity contribution in [2.45, 2.75) is 303 Å². The van der Waals surface area contributed by atoms with E-state index in [1.807, 2.05) is 33.3 Å². The van der Waals surface area contributed by atoms with E-state index in [4.69, 9.17) is 13.8 Å². The highest BCUT2D eigenvalue weighted by Gasteiger charge is 2.27. The van der Waals surface area contributed by atoms with Crippen molar-refractivity contribution in [3.63, 3.8) is 0 Å². The number of carbonyl (C=O) groups is 2. The van der Waals surface area contributed by atoms with Crippen LogP contribution in [0.5, 0.6) is 0 Å². The van der Waals surface area contributed by atoms with Crippen LogP contribution in [0.2, 0.25) is 0 Å². The van der Waals surface area contributed by atoms with Crippen LogP contribution in [0.15, 0.2) is 109 Å². The monoisotopic (exact) mass is 1180 g/mol. The third kappa shape index (κ3) is 63.0. The number of rotatable bonds is 61. The van der Waals surface area contributed by atoms with Crippen molar-refractivity contribution in [3.05, 3.63) is 109 Å². The molecule has 0 heterocycles. The molecule has 10 heteroatoms. The lowest BCUT2D eigenvalue weighted by atomic mass is 10.0. The van der Waals surface area contributed by atoms with Gasteiger partial charge in [-0.05, 0) is 115 Å². The Kier molecular flexibility index (Phi) is 59.3. The number of quaternary nitrogens is 1. The average molecular weight is 1180 g/mol. The molecule has 3 unspecified atom stereocenters. The van der Waals surface area contributed by atoms with Gasteiger partial charge in [-0.2, -0.15) is 0 Å². The lowest BCUT2D eigenvalue weighted by Crippen LogP contribution is -2.47. The number of likely N-dealkylation sites (N-methyl/N-ethyl adjacent to an activating group) is 1. The number of unbranched alkanes of at least 4 members (excludes halogenated alkanes) is 29. The molecule has 0 aliphatic rings. The van der Waals surface area contributed by atoms with Crippen LogP contribution in [0.4, 0.5) is 0 Å². The minimum Gasteiger partial charge on any atom is -0.756 e. The highest BCUT2D eigenvalue weighted by molar-refractivity contribution is 7.45. The number of allylic oxidation sites excluding steroid dienone is 17. The summed E-state index contributed by atoms with van der Waals surface area (Å²) in [6.07, 6.45) is 84.9. The molecule has 0 aliphatic carbocycles. The van der Waals surface area contributed by atoms with E-state index in [0.717, 1.165) is 122 Å². The second kappa shape index (κ2) is 61.7. The van der Waals surface area contributed by atoms with Crippen molar-refractivity contribution in [2.75, 3.05) is 40.9 Å². The van der Waals surface area contributed by atoms with Gasteiger partial charge in [-0.1, -0.05) is 272 Å². The molecule has 0 bridgehead atoms. The van der Waals surface area contributed by atoms with Gasteiger partial charge < -0.3 is 28.5 Å². The number of nitrogens with one attached hydrogen (secondary N) is 1. The molecule has 0 saturated carbocycles. The van der Waals surface area contributed by atoms with Gasteiger partial charge in [0, 0.05) is 12.8 Å². The molecule has 0 saturated heterocycles. The van der Waals surface area contributed by atoms with Gasteiger partial charge in [0.15, 0.2) is 0 Å². The van der Waals surface area contributed by atoms with Crippen LogP contribution in [0, 0.1) is 0 Å². The van der Waals surface area contributed by atoms with Crippen molar-refractivity contribution < 1.29 is 37.3 Å². The lowest BCUT2D eigenvalue weighted by molar-refractivity contribution is -0.870.